The van der Waals surface area contributed by atoms with Gasteiger partial charge in [0.1, 0.15) is 6.42 Å². The Balaban J connectivity index is 2.23. The van der Waals surface area contributed by atoms with Crippen molar-refractivity contribution < 1.29 is 19.1 Å². The molecule has 4 heteroatoms. The minimum Gasteiger partial charge on any atom is -0.466 e. The zero-order valence-corrected chi connectivity index (χ0v) is 11.8. The number of Topliss-reactive ketones (excluding diaryl/α,β-unsaturated/α-hetero) is 1. The van der Waals surface area contributed by atoms with Gasteiger partial charge in [-0.2, -0.15) is 0 Å². The summed E-state index contributed by atoms with van der Waals surface area (Å²) in [4.78, 5) is 24.2. The van der Waals surface area contributed by atoms with Crippen LogP contribution in [0.3, 0.4) is 0 Å². The third kappa shape index (κ3) is 3.07. The molecule has 0 N–H and O–H groups in total. The van der Waals surface area contributed by atoms with Gasteiger partial charge in [0, 0.05) is 13.2 Å². The molecular weight excluding hydrogens is 256 g/mol. The molecule has 0 bridgehead atoms. The molecule has 2 rings (SSSR count). The molecule has 0 amide bonds. The average molecular weight is 276 g/mol. The molecule has 0 aliphatic carbocycles. The van der Waals surface area contributed by atoms with E-state index in [0.29, 0.717) is 32.7 Å². The van der Waals surface area contributed by atoms with Crippen LogP contribution in [0.1, 0.15) is 31.7 Å². The van der Waals surface area contributed by atoms with Gasteiger partial charge in [0.25, 0.3) is 0 Å². The van der Waals surface area contributed by atoms with E-state index in [-0.39, 0.29) is 12.2 Å². The second-order valence-corrected chi connectivity index (χ2v) is 4.97. The average Bonchev–Trinajstić information content (AvgIpc) is 2.49. The first-order valence-corrected chi connectivity index (χ1v) is 7.01. The fourth-order valence-corrected chi connectivity index (χ4v) is 2.72. The molecule has 1 heterocycles. The lowest BCUT2D eigenvalue weighted by Crippen LogP contribution is -2.42. The summed E-state index contributed by atoms with van der Waals surface area (Å²) in [5.41, 5.74) is 0.365. The number of ketones is 1. The number of carbonyl (C=O) groups is 2. The Morgan fingerprint density at radius 1 is 1.20 bits per heavy atom. The summed E-state index contributed by atoms with van der Waals surface area (Å²) in [5, 5.41) is 0. The van der Waals surface area contributed by atoms with E-state index in [9.17, 15) is 9.59 Å². The molecule has 4 nitrogen and oxygen atoms in total. The van der Waals surface area contributed by atoms with E-state index in [1.807, 2.05) is 30.3 Å². The highest BCUT2D eigenvalue weighted by Crippen LogP contribution is 2.36. The Morgan fingerprint density at radius 3 is 2.45 bits per heavy atom. The zero-order valence-electron chi connectivity index (χ0n) is 11.8. The SMILES string of the molecule is CCOC(=O)CC(=O)C1(c2ccccc2)CCOCC1. The fraction of sp³-hybridized carbons (Fsp3) is 0.500. The number of carbonyl (C=O) groups excluding carboxylic acids is 2. The molecule has 0 unspecified atom stereocenters. The van der Waals surface area contributed by atoms with Gasteiger partial charge < -0.3 is 9.47 Å². The normalized spacial score (nSPS) is 17.4. The van der Waals surface area contributed by atoms with Gasteiger partial charge in [-0.25, -0.2) is 0 Å². The van der Waals surface area contributed by atoms with Crippen LogP contribution < -0.4 is 0 Å². The van der Waals surface area contributed by atoms with Crippen LogP contribution in [0.4, 0.5) is 0 Å². The third-order valence-corrected chi connectivity index (χ3v) is 3.82. The fourth-order valence-electron chi connectivity index (χ4n) is 2.72. The van der Waals surface area contributed by atoms with Crippen molar-refractivity contribution >= 4 is 11.8 Å². The van der Waals surface area contributed by atoms with Crippen molar-refractivity contribution in [1.29, 1.82) is 0 Å². The second kappa shape index (κ2) is 6.66. The molecule has 1 aromatic carbocycles. The lowest BCUT2D eigenvalue weighted by molar-refractivity contribution is -0.147. The van der Waals surface area contributed by atoms with E-state index < -0.39 is 11.4 Å². The topological polar surface area (TPSA) is 52.6 Å². The summed E-state index contributed by atoms with van der Waals surface area (Å²) in [6.07, 6.45) is 1.08. The van der Waals surface area contributed by atoms with E-state index in [2.05, 4.69) is 0 Å². The van der Waals surface area contributed by atoms with Gasteiger partial charge in [0.2, 0.25) is 0 Å². The van der Waals surface area contributed by atoms with E-state index in [1.165, 1.54) is 0 Å². The number of ether oxygens (including phenoxy) is 2. The zero-order chi connectivity index (χ0) is 14.4. The maximum atomic E-state index is 12.6. The number of rotatable bonds is 5. The lowest BCUT2D eigenvalue weighted by Gasteiger charge is -2.36. The first-order valence-electron chi connectivity index (χ1n) is 7.01. The van der Waals surface area contributed by atoms with E-state index >= 15 is 0 Å². The second-order valence-electron chi connectivity index (χ2n) is 4.97. The maximum absolute atomic E-state index is 12.6. The molecule has 1 fully saturated rings. The van der Waals surface area contributed by atoms with Crippen molar-refractivity contribution in [2.24, 2.45) is 0 Å². The monoisotopic (exact) mass is 276 g/mol. The maximum Gasteiger partial charge on any atom is 0.313 e. The van der Waals surface area contributed by atoms with Gasteiger partial charge in [-0.3, -0.25) is 9.59 Å². The summed E-state index contributed by atoms with van der Waals surface area (Å²) in [6, 6.07) is 9.67. The Kier molecular flexibility index (Phi) is 4.90. The van der Waals surface area contributed by atoms with Gasteiger partial charge >= 0.3 is 5.97 Å². The molecule has 0 atom stereocenters. The standard InChI is InChI=1S/C16H20O4/c1-2-20-15(18)12-14(17)16(8-10-19-11-9-16)13-6-4-3-5-7-13/h3-7H,2,8-12H2,1H3. The van der Waals surface area contributed by atoms with Gasteiger partial charge in [-0.15, -0.1) is 0 Å². The third-order valence-electron chi connectivity index (χ3n) is 3.82. The minimum atomic E-state index is -0.605. The highest BCUT2D eigenvalue weighted by molar-refractivity contribution is 6.01. The lowest BCUT2D eigenvalue weighted by atomic mass is 9.70. The molecule has 0 saturated carbocycles. The smallest absolute Gasteiger partial charge is 0.313 e. The first-order chi connectivity index (χ1) is 9.69. The molecule has 0 spiro atoms. The van der Waals surface area contributed by atoms with E-state index in [1.54, 1.807) is 6.92 Å². The Hall–Kier alpha value is -1.68. The van der Waals surface area contributed by atoms with Crippen molar-refractivity contribution in [1.82, 2.24) is 0 Å². The van der Waals surface area contributed by atoms with Gasteiger partial charge in [0.15, 0.2) is 5.78 Å². The molecule has 1 aromatic rings. The summed E-state index contributed by atoms with van der Waals surface area (Å²) < 4.78 is 10.3. The van der Waals surface area contributed by atoms with Crippen LogP contribution in [0.2, 0.25) is 0 Å². The largest absolute Gasteiger partial charge is 0.466 e. The van der Waals surface area contributed by atoms with Crippen LogP contribution in [-0.4, -0.2) is 31.6 Å². The van der Waals surface area contributed by atoms with Crippen LogP contribution in [-0.2, 0) is 24.5 Å². The summed E-state index contributed by atoms with van der Waals surface area (Å²) in [6.45, 7) is 3.13. The number of hydrogen-bond donors (Lipinski definition) is 0. The van der Waals surface area contributed by atoms with Crippen molar-refractivity contribution in [2.75, 3.05) is 19.8 Å². The molecule has 1 aliphatic heterocycles. The van der Waals surface area contributed by atoms with Crippen molar-refractivity contribution in [3.05, 3.63) is 35.9 Å². The van der Waals surface area contributed by atoms with Crippen LogP contribution in [0.15, 0.2) is 30.3 Å². The summed E-state index contributed by atoms with van der Waals surface area (Å²) in [7, 11) is 0. The highest BCUT2D eigenvalue weighted by Gasteiger charge is 2.41. The molecule has 20 heavy (non-hydrogen) atoms. The van der Waals surface area contributed by atoms with Crippen LogP contribution in [0, 0.1) is 0 Å². The molecule has 108 valence electrons. The van der Waals surface area contributed by atoms with Crippen LogP contribution >= 0.6 is 0 Å². The number of benzene rings is 1. The van der Waals surface area contributed by atoms with E-state index in [4.69, 9.17) is 9.47 Å². The summed E-state index contributed by atoms with van der Waals surface area (Å²) in [5.74, 6) is -0.509. The first kappa shape index (κ1) is 14.7. The molecule has 0 aromatic heterocycles. The Bertz CT molecular complexity index is 461. The Labute approximate surface area is 119 Å². The quantitative estimate of drug-likeness (QED) is 0.611. The highest BCUT2D eigenvalue weighted by atomic mass is 16.5. The van der Waals surface area contributed by atoms with Gasteiger partial charge in [-0.1, -0.05) is 30.3 Å². The van der Waals surface area contributed by atoms with E-state index in [0.717, 1.165) is 5.56 Å². The predicted octanol–water partition coefficient (Wildman–Crippen LogP) is 2.26. The minimum absolute atomic E-state index is 0.0644. The number of hydrogen-bond acceptors (Lipinski definition) is 4. The summed E-state index contributed by atoms with van der Waals surface area (Å²) >= 11 is 0. The van der Waals surface area contributed by atoms with Gasteiger partial charge in [-0.05, 0) is 25.3 Å². The van der Waals surface area contributed by atoms with Crippen LogP contribution in [0.5, 0.6) is 0 Å². The molecular formula is C16H20O4. The predicted molar refractivity (Wildman–Crippen MR) is 74.4 cm³/mol. The molecule has 1 saturated heterocycles. The van der Waals surface area contributed by atoms with Crippen molar-refractivity contribution in [3.8, 4) is 0 Å². The Morgan fingerprint density at radius 2 is 1.85 bits per heavy atom. The van der Waals surface area contributed by atoms with Crippen molar-refractivity contribution in [3.63, 3.8) is 0 Å². The van der Waals surface area contributed by atoms with Gasteiger partial charge in [0.05, 0.1) is 12.0 Å². The number of esters is 1. The van der Waals surface area contributed by atoms with Crippen molar-refractivity contribution in [2.45, 2.75) is 31.6 Å². The molecule has 0 radical (unpaired) electrons. The molecule has 1 aliphatic rings. The van der Waals surface area contributed by atoms with Crippen LogP contribution in [0.25, 0.3) is 0 Å².